The molecule has 15 heavy (non-hydrogen) atoms. The first-order valence-corrected chi connectivity index (χ1v) is 5.07. The smallest absolute Gasteiger partial charge is 0.0648 e. The normalized spacial score (nSPS) is 12.5. The van der Waals surface area contributed by atoms with Crippen LogP contribution in [-0.4, -0.2) is 10.2 Å². The Hall–Kier alpha value is -1.26. The van der Waals surface area contributed by atoms with Crippen LogP contribution in [0.3, 0.4) is 0 Å². The average Bonchev–Trinajstić information content (AvgIpc) is 2.24. The molecule has 4 nitrogen and oxygen atoms in total. The van der Waals surface area contributed by atoms with Gasteiger partial charge in [-0.05, 0) is 38.3 Å². The molecule has 0 saturated heterocycles. The molecule has 1 heterocycles. The lowest BCUT2D eigenvalue weighted by atomic mass is 10.0. The van der Waals surface area contributed by atoms with Gasteiger partial charge in [-0.3, -0.25) is 11.3 Å². The summed E-state index contributed by atoms with van der Waals surface area (Å²) in [6.45, 7) is 7.58. The first-order chi connectivity index (χ1) is 7.19. The van der Waals surface area contributed by atoms with Crippen LogP contribution in [0, 0.1) is 13.8 Å². The predicted molar refractivity (Wildman–Crippen MR) is 61.0 cm³/mol. The van der Waals surface area contributed by atoms with Gasteiger partial charge in [-0.25, -0.2) is 0 Å². The van der Waals surface area contributed by atoms with E-state index in [0.717, 1.165) is 29.8 Å². The fourth-order valence-corrected chi connectivity index (χ4v) is 1.54. The van der Waals surface area contributed by atoms with E-state index in [0.29, 0.717) is 0 Å². The van der Waals surface area contributed by atoms with Gasteiger partial charge < -0.3 is 0 Å². The highest BCUT2D eigenvalue weighted by Gasteiger charge is 2.12. The summed E-state index contributed by atoms with van der Waals surface area (Å²) in [5.41, 5.74) is 5.76. The number of hydrazine groups is 1. The van der Waals surface area contributed by atoms with E-state index < -0.39 is 0 Å². The number of aryl methyl sites for hydroxylation is 2. The number of rotatable bonds is 5. The number of nitrogens with one attached hydrogen (secondary N) is 1. The zero-order chi connectivity index (χ0) is 11.3. The molecule has 0 aliphatic heterocycles. The molecule has 0 radical (unpaired) electrons. The zero-order valence-electron chi connectivity index (χ0n) is 9.33. The summed E-state index contributed by atoms with van der Waals surface area (Å²) in [5, 5.41) is 8.08. The molecule has 0 amide bonds. The maximum Gasteiger partial charge on any atom is 0.0648 e. The van der Waals surface area contributed by atoms with Crippen LogP contribution in [-0.2, 0) is 0 Å². The Morgan fingerprint density at radius 1 is 1.53 bits per heavy atom. The van der Waals surface area contributed by atoms with Crippen LogP contribution < -0.4 is 11.3 Å². The van der Waals surface area contributed by atoms with Crippen molar-refractivity contribution in [1.29, 1.82) is 0 Å². The summed E-state index contributed by atoms with van der Waals surface area (Å²) >= 11 is 0. The van der Waals surface area contributed by atoms with Gasteiger partial charge in [0.2, 0.25) is 0 Å². The minimum absolute atomic E-state index is 0.122. The van der Waals surface area contributed by atoms with Gasteiger partial charge in [0.1, 0.15) is 0 Å². The highest BCUT2D eigenvalue weighted by Crippen LogP contribution is 2.20. The Bertz CT molecular complexity index is 335. The average molecular weight is 206 g/mol. The van der Waals surface area contributed by atoms with Crippen molar-refractivity contribution in [1.82, 2.24) is 15.6 Å². The molecule has 0 bridgehead atoms. The first kappa shape index (κ1) is 11.8. The second kappa shape index (κ2) is 5.58. The van der Waals surface area contributed by atoms with Crippen LogP contribution >= 0.6 is 0 Å². The van der Waals surface area contributed by atoms with E-state index in [1.54, 1.807) is 0 Å². The fraction of sp³-hybridized carbons (Fsp3) is 0.455. The Balaban J connectivity index is 2.89. The molecular weight excluding hydrogens is 188 g/mol. The monoisotopic (exact) mass is 206 g/mol. The second-order valence-corrected chi connectivity index (χ2v) is 3.61. The molecular formula is C11H18N4. The largest absolute Gasteiger partial charge is 0.271 e. The molecule has 0 fully saturated rings. The van der Waals surface area contributed by atoms with Gasteiger partial charge in [-0.1, -0.05) is 6.08 Å². The molecule has 1 aromatic heterocycles. The van der Waals surface area contributed by atoms with Crippen molar-refractivity contribution in [3.8, 4) is 0 Å². The third-order valence-corrected chi connectivity index (χ3v) is 2.38. The van der Waals surface area contributed by atoms with E-state index in [1.165, 1.54) is 0 Å². The summed E-state index contributed by atoms with van der Waals surface area (Å²) in [7, 11) is 0. The van der Waals surface area contributed by atoms with Crippen LogP contribution in [0.2, 0.25) is 0 Å². The molecule has 82 valence electrons. The topological polar surface area (TPSA) is 63.8 Å². The van der Waals surface area contributed by atoms with Gasteiger partial charge in [0, 0.05) is 6.04 Å². The SMILES string of the molecule is C=CCCC(NN)c1cc(C)nnc1C. The van der Waals surface area contributed by atoms with Gasteiger partial charge in [0.05, 0.1) is 11.4 Å². The van der Waals surface area contributed by atoms with Crippen LogP contribution in [0.4, 0.5) is 0 Å². The van der Waals surface area contributed by atoms with Crippen molar-refractivity contribution in [2.75, 3.05) is 0 Å². The van der Waals surface area contributed by atoms with Crippen LogP contribution in [0.1, 0.15) is 35.8 Å². The summed E-state index contributed by atoms with van der Waals surface area (Å²) in [6.07, 6.45) is 3.74. The quantitative estimate of drug-likeness (QED) is 0.436. The molecule has 0 saturated carbocycles. The molecule has 3 N–H and O–H groups in total. The molecule has 4 heteroatoms. The van der Waals surface area contributed by atoms with Crippen molar-refractivity contribution in [3.63, 3.8) is 0 Å². The predicted octanol–water partition coefficient (Wildman–Crippen LogP) is 1.56. The minimum atomic E-state index is 0.122. The lowest BCUT2D eigenvalue weighted by molar-refractivity contribution is 0.514. The van der Waals surface area contributed by atoms with Gasteiger partial charge in [0.25, 0.3) is 0 Å². The number of aromatic nitrogens is 2. The first-order valence-electron chi connectivity index (χ1n) is 5.07. The van der Waals surface area contributed by atoms with Crippen molar-refractivity contribution in [2.45, 2.75) is 32.7 Å². The van der Waals surface area contributed by atoms with E-state index in [9.17, 15) is 0 Å². The highest BCUT2D eigenvalue weighted by molar-refractivity contribution is 5.23. The second-order valence-electron chi connectivity index (χ2n) is 3.61. The Morgan fingerprint density at radius 3 is 2.87 bits per heavy atom. The third kappa shape index (κ3) is 3.11. The molecule has 0 aliphatic rings. The van der Waals surface area contributed by atoms with E-state index in [-0.39, 0.29) is 6.04 Å². The Labute approximate surface area is 90.6 Å². The standard InChI is InChI=1S/C11H18N4/c1-4-5-6-11(13-12)10-7-8(2)14-15-9(10)3/h4,7,11,13H,1,5-6,12H2,2-3H3. The lowest BCUT2D eigenvalue weighted by Gasteiger charge is -2.17. The minimum Gasteiger partial charge on any atom is -0.271 e. The van der Waals surface area contributed by atoms with Gasteiger partial charge in [0.15, 0.2) is 0 Å². The van der Waals surface area contributed by atoms with Crippen LogP contribution in [0.5, 0.6) is 0 Å². The number of nitrogens with two attached hydrogens (primary N) is 1. The molecule has 1 aromatic rings. The maximum absolute atomic E-state index is 5.53. The molecule has 0 aliphatic carbocycles. The zero-order valence-corrected chi connectivity index (χ0v) is 9.33. The van der Waals surface area contributed by atoms with Gasteiger partial charge in [-0.15, -0.1) is 6.58 Å². The summed E-state index contributed by atoms with van der Waals surface area (Å²) in [6, 6.07) is 2.15. The number of nitrogens with zero attached hydrogens (tertiary/aromatic N) is 2. The number of allylic oxidation sites excluding steroid dienone is 1. The molecule has 0 spiro atoms. The van der Waals surface area contributed by atoms with Crippen molar-refractivity contribution < 1.29 is 0 Å². The molecule has 0 aromatic carbocycles. The van der Waals surface area contributed by atoms with Crippen molar-refractivity contribution in [3.05, 3.63) is 35.7 Å². The number of hydrogen-bond acceptors (Lipinski definition) is 4. The van der Waals surface area contributed by atoms with Crippen molar-refractivity contribution in [2.24, 2.45) is 5.84 Å². The summed E-state index contributed by atoms with van der Waals surface area (Å²) < 4.78 is 0. The van der Waals surface area contributed by atoms with Crippen LogP contribution in [0.25, 0.3) is 0 Å². The third-order valence-electron chi connectivity index (χ3n) is 2.38. The van der Waals surface area contributed by atoms with Crippen LogP contribution in [0.15, 0.2) is 18.7 Å². The fourth-order valence-electron chi connectivity index (χ4n) is 1.54. The van der Waals surface area contributed by atoms with E-state index in [4.69, 9.17) is 5.84 Å². The van der Waals surface area contributed by atoms with Gasteiger partial charge in [-0.2, -0.15) is 10.2 Å². The Morgan fingerprint density at radius 2 is 2.27 bits per heavy atom. The van der Waals surface area contributed by atoms with E-state index >= 15 is 0 Å². The van der Waals surface area contributed by atoms with Gasteiger partial charge >= 0.3 is 0 Å². The lowest BCUT2D eigenvalue weighted by Crippen LogP contribution is -2.28. The highest BCUT2D eigenvalue weighted by atomic mass is 15.2. The number of hydrogen-bond donors (Lipinski definition) is 2. The van der Waals surface area contributed by atoms with E-state index in [2.05, 4.69) is 22.2 Å². The molecule has 1 unspecified atom stereocenters. The van der Waals surface area contributed by atoms with E-state index in [1.807, 2.05) is 26.0 Å². The molecule has 1 rings (SSSR count). The molecule has 1 atom stereocenters. The Kier molecular flexibility index (Phi) is 4.39. The summed E-state index contributed by atoms with van der Waals surface area (Å²) in [5.74, 6) is 5.53. The maximum atomic E-state index is 5.53. The van der Waals surface area contributed by atoms with Crippen molar-refractivity contribution >= 4 is 0 Å². The summed E-state index contributed by atoms with van der Waals surface area (Å²) in [4.78, 5) is 0.